The SMILES string of the molecule is N#Cc1cnn(C2CC(c3ccc(F)cc3)CC2N2CC(N)CC(F)C2)c1. The van der Waals surface area contributed by atoms with Gasteiger partial charge in [-0.2, -0.15) is 10.4 Å². The summed E-state index contributed by atoms with van der Waals surface area (Å²) in [5.41, 5.74) is 7.66. The second kappa shape index (κ2) is 7.37. The van der Waals surface area contributed by atoms with Gasteiger partial charge in [-0.05, 0) is 42.9 Å². The first-order valence-electron chi connectivity index (χ1n) is 9.37. The zero-order chi connectivity index (χ0) is 19.0. The molecule has 2 fully saturated rings. The topological polar surface area (TPSA) is 70.9 Å². The van der Waals surface area contributed by atoms with Crippen molar-refractivity contribution in [2.45, 2.75) is 49.5 Å². The summed E-state index contributed by atoms with van der Waals surface area (Å²) in [5.74, 6) is -0.0237. The van der Waals surface area contributed by atoms with Crippen LogP contribution in [0.4, 0.5) is 8.78 Å². The summed E-state index contributed by atoms with van der Waals surface area (Å²) < 4.78 is 29.3. The first kappa shape index (κ1) is 18.1. The van der Waals surface area contributed by atoms with Crippen molar-refractivity contribution >= 4 is 0 Å². The van der Waals surface area contributed by atoms with Gasteiger partial charge in [0.1, 0.15) is 18.1 Å². The number of likely N-dealkylation sites (tertiary alicyclic amines) is 1. The maximum Gasteiger partial charge on any atom is 0.123 e. The second-order valence-corrected chi connectivity index (χ2v) is 7.72. The molecule has 2 aromatic rings. The Kier molecular flexibility index (Phi) is 4.94. The predicted molar refractivity (Wildman–Crippen MR) is 97.2 cm³/mol. The summed E-state index contributed by atoms with van der Waals surface area (Å²) in [4.78, 5) is 2.14. The summed E-state index contributed by atoms with van der Waals surface area (Å²) in [6.45, 7) is 1.03. The van der Waals surface area contributed by atoms with Crippen molar-refractivity contribution in [1.82, 2.24) is 14.7 Å². The molecule has 0 bridgehead atoms. The molecule has 0 spiro atoms. The van der Waals surface area contributed by atoms with Gasteiger partial charge in [-0.1, -0.05) is 12.1 Å². The molecule has 0 amide bonds. The Labute approximate surface area is 157 Å². The fourth-order valence-corrected chi connectivity index (χ4v) is 4.63. The highest BCUT2D eigenvalue weighted by atomic mass is 19.1. The van der Waals surface area contributed by atoms with Crippen molar-refractivity contribution in [3.05, 3.63) is 53.6 Å². The monoisotopic (exact) mass is 371 g/mol. The molecule has 27 heavy (non-hydrogen) atoms. The van der Waals surface area contributed by atoms with Crippen molar-refractivity contribution < 1.29 is 8.78 Å². The van der Waals surface area contributed by atoms with Gasteiger partial charge in [0.05, 0.1) is 17.8 Å². The van der Waals surface area contributed by atoms with Gasteiger partial charge < -0.3 is 5.73 Å². The fraction of sp³-hybridized carbons (Fsp3) is 0.500. The number of benzene rings is 1. The molecular weight excluding hydrogens is 348 g/mol. The zero-order valence-corrected chi connectivity index (χ0v) is 15.0. The van der Waals surface area contributed by atoms with E-state index in [-0.39, 0.29) is 29.9 Å². The summed E-state index contributed by atoms with van der Waals surface area (Å²) in [5, 5.41) is 13.5. The highest BCUT2D eigenvalue weighted by molar-refractivity contribution is 5.25. The standard InChI is InChI=1S/C20H23F2N5/c21-16-3-1-14(2-4-16)15-5-19(26-11-17(22)7-18(24)12-26)20(6-15)27-10-13(8-23)9-25-27/h1-4,9-10,15,17-20H,5-7,11-12,24H2. The molecule has 1 saturated carbocycles. The Morgan fingerprint density at radius 1 is 1.11 bits per heavy atom. The predicted octanol–water partition coefficient (Wildman–Crippen LogP) is 2.75. The highest BCUT2D eigenvalue weighted by Crippen LogP contribution is 2.44. The summed E-state index contributed by atoms with van der Waals surface area (Å²) in [7, 11) is 0. The van der Waals surface area contributed by atoms with Crippen molar-refractivity contribution in [3.63, 3.8) is 0 Å². The van der Waals surface area contributed by atoms with Gasteiger partial charge in [0.15, 0.2) is 0 Å². The molecule has 5 nitrogen and oxygen atoms in total. The van der Waals surface area contributed by atoms with Gasteiger partial charge >= 0.3 is 0 Å². The number of nitrogens with zero attached hydrogens (tertiary/aromatic N) is 4. The minimum Gasteiger partial charge on any atom is -0.326 e. The number of aromatic nitrogens is 2. The third-order valence-electron chi connectivity index (χ3n) is 5.84. The van der Waals surface area contributed by atoms with E-state index in [1.807, 2.05) is 16.8 Å². The van der Waals surface area contributed by atoms with Crippen LogP contribution in [0.15, 0.2) is 36.7 Å². The molecule has 2 N–H and O–H groups in total. The molecule has 1 aromatic heterocycles. The van der Waals surface area contributed by atoms with Crippen molar-refractivity contribution in [2.24, 2.45) is 5.73 Å². The highest BCUT2D eigenvalue weighted by Gasteiger charge is 2.42. The van der Waals surface area contributed by atoms with Crippen LogP contribution in [0.5, 0.6) is 0 Å². The summed E-state index contributed by atoms with van der Waals surface area (Å²) in [6.07, 6.45) is 4.43. The average molecular weight is 371 g/mol. The van der Waals surface area contributed by atoms with Gasteiger partial charge in [-0.25, -0.2) is 8.78 Å². The van der Waals surface area contributed by atoms with Gasteiger partial charge in [-0.3, -0.25) is 9.58 Å². The molecule has 5 atom stereocenters. The van der Waals surface area contributed by atoms with E-state index in [4.69, 9.17) is 11.0 Å². The lowest BCUT2D eigenvalue weighted by Crippen LogP contribution is -2.53. The fourth-order valence-electron chi connectivity index (χ4n) is 4.63. The lowest BCUT2D eigenvalue weighted by Gasteiger charge is -2.39. The van der Waals surface area contributed by atoms with E-state index in [2.05, 4.69) is 16.1 Å². The van der Waals surface area contributed by atoms with Crippen molar-refractivity contribution in [3.8, 4) is 6.07 Å². The number of hydrogen-bond acceptors (Lipinski definition) is 4. The Bertz CT molecular complexity index is 818. The van der Waals surface area contributed by atoms with Crippen LogP contribution in [0.1, 0.15) is 42.3 Å². The molecule has 4 rings (SSSR count). The first-order valence-corrected chi connectivity index (χ1v) is 9.37. The minimum absolute atomic E-state index is 0.0275. The van der Waals surface area contributed by atoms with Crippen LogP contribution >= 0.6 is 0 Å². The van der Waals surface area contributed by atoms with E-state index in [0.29, 0.717) is 25.1 Å². The Morgan fingerprint density at radius 3 is 2.52 bits per heavy atom. The lowest BCUT2D eigenvalue weighted by atomic mass is 9.96. The minimum atomic E-state index is -0.924. The smallest absolute Gasteiger partial charge is 0.123 e. The number of halogens is 2. The Balaban J connectivity index is 1.62. The quantitative estimate of drug-likeness (QED) is 0.901. The number of nitriles is 1. The summed E-state index contributed by atoms with van der Waals surface area (Å²) >= 11 is 0. The van der Waals surface area contributed by atoms with E-state index in [9.17, 15) is 8.78 Å². The largest absolute Gasteiger partial charge is 0.326 e. The van der Waals surface area contributed by atoms with Crippen molar-refractivity contribution in [1.29, 1.82) is 5.26 Å². The van der Waals surface area contributed by atoms with Crippen LogP contribution in [0.3, 0.4) is 0 Å². The van der Waals surface area contributed by atoms with Crippen LogP contribution in [0.25, 0.3) is 0 Å². The molecule has 142 valence electrons. The molecule has 1 aromatic carbocycles. The maximum absolute atomic E-state index is 14.2. The Morgan fingerprint density at radius 2 is 1.85 bits per heavy atom. The van der Waals surface area contributed by atoms with Crippen molar-refractivity contribution in [2.75, 3.05) is 13.1 Å². The molecule has 1 aliphatic heterocycles. The summed E-state index contributed by atoms with van der Waals surface area (Å²) in [6, 6.07) is 8.65. The van der Waals surface area contributed by atoms with E-state index < -0.39 is 6.17 Å². The molecule has 2 aliphatic rings. The zero-order valence-electron chi connectivity index (χ0n) is 15.0. The maximum atomic E-state index is 14.2. The van der Waals surface area contributed by atoms with E-state index in [0.717, 1.165) is 18.4 Å². The average Bonchev–Trinajstić information content (AvgIpc) is 3.28. The van der Waals surface area contributed by atoms with Crippen LogP contribution in [0.2, 0.25) is 0 Å². The molecule has 5 unspecified atom stereocenters. The normalized spacial score (nSPS) is 31.7. The van der Waals surface area contributed by atoms with Crippen LogP contribution < -0.4 is 5.73 Å². The third-order valence-corrected chi connectivity index (χ3v) is 5.84. The lowest BCUT2D eigenvalue weighted by molar-refractivity contribution is 0.0691. The molecule has 0 radical (unpaired) electrons. The van der Waals surface area contributed by atoms with Gasteiger partial charge in [0.2, 0.25) is 0 Å². The molecule has 1 saturated heterocycles. The molecule has 1 aliphatic carbocycles. The number of piperidine rings is 1. The molecule has 2 heterocycles. The van der Waals surface area contributed by atoms with Gasteiger partial charge in [-0.15, -0.1) is 0 Å². The third kappa shape index (κ3) is 3.73. The van der Waals surface area contributed by atoms with E-state index in [1.165, 1.54) is 12.1 Å². The second-order valence-electron chi connectivity index (χ2n) is 7.72. The molecule has 7 heteroatoms. The van der Waals surface area contributed by atoms with Gasteiger partial charge in [0, 0.05) is 31.4 Å². The number of rotatable bonds is 3. The van der Waals surface area contributed by atoms with Crippen LogP contribution in [-0.4, -0.2) is 46.0 Å². The number of nitrogens with two attached hydrogens (primary N) is 1. The first-order chi connectivity index (χ1) is 13.0. The number of hydrogen-bond donors (Lipinski definition) is 1. The van der Waals surface area contributed by atoms with Crippen LogP contribution in [0, 0.1) is 17.1 Å². The molecular formula is C20H23F2N5. The van der Waals surface area contributed by atoms with Crippen LogP contribution in [-0.2, 0) is 0 Å². The van der Waals surface area contributed by atoms with E-state index in [1.54, 1.807) is 12.4 Å². The number of alkyl halides is 1. The van der Waals surface area contributed by atoms with Gasteiger partial charge in [0.25, 0.3) is 0 Å². The Hall–Kier alpha value is -2.30. The van der Waals surface area contributed by atoms with E-state index >= 15 is 0 Å².